The highest BCUT2D eigenvalue weighted by Crippen LogP contribution is 2.23. The minimum atomic E-state index is -3.86. The lowest BCUT2D eigenvalue weighted by Gasteiger charge is -2.10. The number of aromatic nitrogens is 2. The average Bonchev–Trinajstić information content (AvgIpc) is 2.90. The van der Waals surface area contributed by atoms with Gasteiger partial charge < -0.3 is 5.32 Å². The van der Waals surface area contributed by atoms with E-state index in [-0.39, 0.29) is 10.8 Å². The van der Waals surface area contributed by atoms with Crippen LogP contribution >= 0.6 is 15.9 Å². The summed E-state index contributed by atoms with van der Waals surface area (Å²) in [6.07, 6.45) is 0. The van der Waals surface area contributed by atoms with E-state index in [2.05, 4.69) is 26.3 Å². The van der Waals surface area contributed by atoms with Gasteiger partial charge in [-0.15, -0.1) is 0 Å². The molecule has 1 amide bonds. The third-order valence-electron chi connectivity index (χ3n) is 4.33. The van der Waals surface area contributed by atoms with Crippen molar-refractivity contribution in [3.05, 3.63) is 69.5 Å². The van der Waals surface area contributed by atoms with E-state index < -0.39 is 10.0 Å². The van der Waals surface area contributed by atoms with Crippen LogP contribution in [0.2, 0.25) is 0 Å². The number of amides is 1. The van der Waals surface area contributed by atoms with Gasteiger partial charge in [0.25, 0.3) is 5.91 Å². The number of aryl methyl sites for hydroxylation is 2. The molecule has 3 N–H and O–H groups in total. The fourth-order valence-electron chi connectivity index (χ4n) is 2.82. The predicted octanol–water partition coefficient (Wildman–Crippen LogP) is 3.46. The Kier molecular flexibility index (Phi) is 5.42. The Bertz CT molecular complexity index is 1170. The maximum Gasteiger partial charge on any atom is 0.255 e. The maximum absolute atomic E-state index is 12.5. The van der Waals surface area contributed by atoms with Crippen molar-refractivity contribution in [3.63, 3.8) is 0 Å². The molecule has 0 aliphatic rings. The number of rotatable bonds is 4. The summed E-state index contributed by atoms with van der Waals surface area (Å²) in [5.74, 6) is -0.356. The molecule has 1 heterocycles. The lowest BCUT2D eigenvalue weighted by atomic mass is 10.1. The number of primary sulfonamides is 1. The number of benzene rings is 2. The molecule has 9 heteroatoms. The van der Waals surface area contributed by atoms with Crippen molar-refractivity contribution in [1.29, 1.82) is 0 Å². The van der Waals surface area contributed by atoms with Crippen LogP contribution in [0.25, 0.3) is 5.69 Å². The molecular weight excluding hydrogens is 444 g/mol. The summed E-state index contributed by atoms with van der Waals surface area (Å²) in [5.41, 5.74) is 3.97. The summed E-state index contributed by atoms with van der Waals surface area (Å²) >= 11 is 3.50. The van der Waals surface area contributed by atoms with Gasteiger partial charge in [-0.05, 0) is 78.7 Å². The molecule has 2 aromatic carbocycles. The fraction of sp³-hybridized carbons (Fsp3) is 0.158. The molecule has 0 unspecified atom stereocenters. The number of nitrogens with two attached hydrogens (primary N) is 1. The molecule has 0 bridgehead atoms. The minimum absolute atomic E-state index is 0.0178. The lowest BCUT2D eigenvalue weighted by Crippen LogP contribution is -2.16. The average molecular weight is 463 g/mol. The van der Waals surface area contributed by atoms with Crippen LogP contribution in [0.5, 0.6) is 0 Å². The monoisotopic (exact) mass is 462 g/mol. The van der Waals surface area contributed by atoms with Gasteiger partial charge >= 0.3 is 0 Å². The van der Waals surface area contributed by atoms with Crippen LogP contribution in [0.3, 0.4) is 0 Å². The molecule has 3 aromatic rings. The number of carbonyl (C=O) groups excluding carboxylic acids is 1. The Morgan fingerprint density at radius 1 is 1.11 bits per heavy atom. The lowest BCUT2D eigenvalue weighted by molar-refractivity contribution is 0.102. The molecular formula is C19H19BrN4O3S. The summed E-state index contributed by atoms with van der Waals surface area (Å²) in [7, 11) is -3.86. The number of halogens is 1. The van der Waals surface area contributed by atoms with Crippen LogP contribution in [-0.2, 0) is 10.0 Å². The van der Waals surface area contributed by atoms with Gasteiger partial charge in [0.15, 0.2) is 0 Å². The highest BCUT2D eigenvalue weighted by Gasteiger charge is 2.15. The van der Waals surface area contributed by atoms with Crippen LogP contribution in [0, 0.1) is 20.8 Å². The predicted molar refractivity (Wildman–Crippen MR) is 111 cm³/mol. The summed E-state index contributed by atoms with van der Waals surface area (Å²) in [6, 6.07) is 11.5. The van der Waals surface area contributed by atoms with E-state index in [1.165, 1.54) is 6.07 Å². The first kappa shape index (κ1) is 20.2. The van der Waals surface area contributed by atoms with E-state index >= 15 is 0 Å². The van der Waals surface area contributed by atoms with E-state index in [1.807, 2.05) is 13.8 Å². The Morgan fingerprint density at radius 3 is 2.29 bits per heavy atom. The molecule has 0 saturated carbocycles. The van der Waals surface area contributed by atoms with Gasteiger partial charge in [-0.1, -0.05) is 6.07 Å². The molecule has 0 saturated heterocycles. The number of nitrogens with zero attached hydrogens (tertiary/aromatic N) is 2. The second-order valence-electron chi connectivity index (χ2n) is 6.42. The van der Waals surface area contributed by atoms with Gasteiger partial charge in [-0.2, -0.15) is 5.10 Å². The first-order chi connectivity index (χ1) is 13.1. The maximum atomic E-state index is 12.5. The molecule has 28 heavy (non-hydrogen) atoms. The van der Waals surface area contributed by atoms with Gasteiger partial charge in [-0.25, -0.2) is 18.2 Å². The van der Waals surface area contributed by atoms with Crippen LogP contribution < -0.4 is 10.5 Å². The Labute approximate surface area is 171 Å². The molecule has 0 radical (unpaired) electrons. The number of hydrogen-bond donors (Lipinski definition) is 2. The first-order valence-electron chi connectivity index (χ1n) is 8.35. The van der Waals surface area contributed by atoms with E-state index in [0.29, 0.717) is 16.8 Å². The zero-order valence-electron chi connectivity index (χ0n) is 15.5. The number of anilines is 1. The topological polar surface area (TPSA) is 107 Å². The molecule has 0 spiro atoms. The van der Waals surface area contributed by atoms with Gasteiger partial charge in [0.05, 0.1) is 26.4 Å². The van der Waals surface area contributed by atoms with Crippen molar-refractivity contribution < 1.29 is 13.2 Å². The normalized spacial score (nSPS) is 11.5. The Balaban J connectivity index is 1.83. The van der Waals surface area contributed by atoms with E-state index in [1.54, 1.807) is 48.0 Å². The molecule has 1 aromatic heterocycles. The third kappa shape index (κ3) is 4.01. The van der Waals surface area contributed by atoms with Crippen LogP contribution in [0.15, 0.2) is 51.8 Å². The van der Waals surface area contributed by atoms with Gasteiger partial charge in [0.1, 0.15) is 0 Å². The smallest absolute Gasteiger partial charge is 0.255 e. The van der Waals surface area contributed by atoms with E-state index in [4.69, 9.17) is 5.14 Å². The van der Waals surface area contributed by atoms with Gasteiger partial charge in [0, 0.05) is 11.3 Å². The van der Waals surface area contributed by atoms with Crippen molar-refractivity contribution in [3.8, 4) is 5.69 Å². The molecule has 146 valence electrons. The van der Waals surface area contributed by atoms with Gasteiger partial charge in [0.2, 0.25) is 10.0 Å². The minimum Gasteiger partial charge on any atom is -0.322 e. The second kappa shape index (κ2) is 7.50. The van der Waals surface area contributed by atoms with E-state index in [9.17, 15) is 13.2 Å². The third-order valence-corrected chi connectivity index (χ3v) is 6.53. The summed E-state index contributed by atoms with van der Waals surface area (Å²) in [4.78, 5) is 12.5. The highest BCUT2D eigenvalue weighted by atomic mass is 79.9. The number of hydrogen-bond acceptors (Lipinski definition) is 4. The highest BCUT2D eigenvalue weighted by molar-refractivity contribution is 9.10. The summed E-state index contributed by atoms with van der Waals surface area (Å²) in [6.45, 7) is 5.50. The zero-order valence-corrected chi connectivity index (χ0v) is 17.9. The van der Waals surface area contributed by atoms with Crippen LogP contribution in [-0.4, -0.2) is 24.1 Å². The molecule has 0 aliphatic heterocycles. The summed E-state index contributed by atoms with van der Waals surface area (Å²) in [5, 5.41) is 12.4. The standard InChI is InChI=1S/C19H19BrN4O3S/c1-11-4-7-15(10-17(11)28(21,26)27)22-19(25)14-5-8-16(9-6-14)24-13(3)18(20)12(2)23-24/h4-10H,1-3H3,(H,22,25)(H2,21,26,27). The number of nitrogens with one attached hydrogen (secondary N) is 1. The SMILES string of the molecule is Cc1ccc(NC(=O)c2ccc(-n3nc(C)c(Br)c3C)cc2)cc1S(N)(=O)=O. The van der Waals surface area contributed by atoms with Crippen LogP contribution in [0.1, 0.15) is 27.3 Å². The molecule has 7 nitrogen and oxygen atoms in total. The first-order valence-corrected chi connectivity index (χ1v) is 10.7. The molecule has 0 aliphatic carbocycles. The van der Waals surface area contributed by atoms with Crippen molar-refractivity contribution in [2.45, 2.75) is 25.7 Å². The van der Waals surface area contributed by atoms with Crippen LogP contribution in [0.4, 0.5) is 5.69 Å². The van der Waals surface area contributed by atoms with Crippen molar-refractivity contribution in [1.82, 2.24) is 9.78 Å². The number of sulfonamides is 1. The molecule has 0 atom stereocenters. The Morgan fingerprint density at radius 2 is 1.75 bits per heavy atom. The number of carbonyl (C=O) groups is 1. The fourth-order valence-corrected chi connectivity index (χ4v) is 3.87. The Hall–Kier alpha value is -2.49. The van der Waals surface area contributed by atoms with Gasteiger partial charge in [-0.3, -0.25) is 4.79 Å². The van der Waals surface area contributed by atoms with E-state index in [0.717, 1.165) is 21.5 Å². The zero-order chi connectivity index (χ0) is 20.6. The van der Waals surface area contributed by atoms with Crippen molar-refractivity contribution in [2.24, 2.45) is 5.14 Å². The quantitative estimate of drug-likeness (QED) is 0.618. The molecule has 3 rings (SSSR count). The molecule has 0 fully saturated rings. The second-order valence-corrected chi connectivity index (χ2v) is 8.75. The van der Waals surface area contributed by atoms with Crippen molar-refractivity contribution >= 4 is 37.5 Å². The largest absolute Gasteiger partial charge is 0.322 e. The van der Waals surface area contributed by atoms with Crippen molar-refractivity contribution in [2.75, 3.05) is 5.32 Å². The summed E-state index contributed by atoms with van der Waals surface area (Å²) < 4.78 is 26.0.